The van der Waals surface area contributed by atoms with Crippen LogP contribution in [-0.2, 0) is 15.3 Å². The van der Waals surface area contributed by atoms with Gasteiger partial charge in [-0.05, 0) is 12.2 Å². The van der Waals surface area contributed by atoms with Crippen LogP contribution < -0.4 is 10.6 Å². The van der Waals surface area contributed by atoms with Crippen LogP contribution in [0.15, 0.2) is 12.7 Å². The van der Waals surface area contributed by atoms with Crippen LogP contribution in [-0.4, -0.2) is 91.3 Å². The van der Waals surface area contributed by atoms with Crippen molar-refractivity contribution in [3.63, 3.8) is 0 Å². The highest BCUT2D eigenvalue weighted by Crippen LogP contribution is 2.34. The van der Waals surface area contributed by atoms with Gasteiger partial charge in [-0.15, -0.1) is 0 Å². The van der Waals surface area contributed by atoms with Crippen molar-refractivity contribution >= 4 is 34.7 Å². The van der Waals surface area contributed by atoms with Gasteiger partial charge in [0, 0.05) is 19.8 Å². The Labute approximate surface area is 165 Å². The van der Waals surface area contributed by atoms with Crippen LogP contribution >= 0.6 is 11.8 Å². The fourth-order valence-electron chi connectivity index (χ4n) is 3.02. The number of rotatable bonds is 8. The molecule has 0 aromatic carbocycles. The van der Waals surface area contributed by atoms with Gasteiger partial charge in [0.25, 0.3) is 0 Å². The van der Waals surface area contributed by atoms with E-state index in [1.54, 1.807) is 4.90 Å². The van der Waals surface area contributed by atoms with E-state index in [0.29, 0.717) is 34.9 Å². The van der Waals surface area contributed by atoms with Crippen molar-refractivity contribution in [2.75, 3.05) is 37.1 Å². The lowest BCUT2D eigenvalue weighted by molar-refractivity contribution is -0.138. The number of ether oxygens (including phenoxy) is 1. The highest BCUT2D eigenvalue weighted by Gasteiger charge is 2.50. The first kappa shape index (κ1) is 20.7. The summed E-state index contributed by atoms with van der Waals surface area (Å²) in [4.78, 5) is 25.2. The molecule has 4 unspecified atom stereocenters. The molecule has 0 aliphatic carbocycles. The molecule has 1 saturated heterocycles. The minimum atomic E-state index is -1.71. The highest BCUT2D eigenvalue weighted by molar-refractivity contribution is 7.99. The van der Waals surface area contributed by atoms with E-state index in [2.05, 4.69) is 15.0 Å². The second-order valence-electron chi connectivity index (χ2n) is 6.86. The zero-order chi connectivity index (χ0) is 20.5. The molecule has 5 N–H and O–H groups in total. The third kappa shape index (κ3) is 3.78. The number of aliphatic carboxylic acids is 1. The number of aliphatic hydroxyl groups is 2. The van der Waals surface area contributed by atoms with E-state index < -0.39 is 29.9 Å². The van der Waals surface area contributed by atoms with Gasteiger partial charge in [-0.25, -0.2) is 15.0 Å². The van der Waals surface area contributed by atoms with Crippen LogP contribution in [0.5, 0.6) is 0 Å². The van der Waals surface area contributed by atoms with Crippen LogP contribution in [0.4, 0.5) is 5.82 Å². The molecule has 0 spiro atoms. The van der Waals surface area contributed by atoms with E-state index in [1.807, 2.05) is 14.1 Å². The number of nitrogens with zero attached hydrogens (tertiary/aromatic N) is 5. The van der Waals surface area contributed by atoms with Crippen LogP contribution in [0.25, 0.3) is 11.2 Å². The number of carboxylic acid groups (broad SMARTS) is 1. The molecule has 1 aliphatic rings. The first-order valence-corrected chi connectivity index (χ1v) is 9.85. The Morgan fingerprint density at radius 1 is 1.50 bits per heavy atom. The normalized spacial score (nSPS) is 25.9. The van der Waals surface area contributed by atoms with Gasteiger partial charge in [0.05, 0.1) is 19.0 Å². The number of fused-ring (bicyclic) bond motifs is 1. The van der Waals surface area contributed by atoms with Crippen LogP contribution in [0.1, 0.15) is 6.42 Å². The number of carboxylic acids is 1. The Bertz CT molecular complexity index is 848. The topological polar surface area (TPSA) is 160 Å². The summed E-state index contributed by atoms with van der Waals surface area (Å²) in [7, 11) is 3.65. The lowest BCUT2D eigenvalue weighted by Gasteiger charge is -2.28. The van der Waals surface area contributed by atoms with Crippen molar-refractivity contribution in [3.05, 3.63) is 12.7 Å². The largest absolute Gasteiger partial charge is 0.480 e. The highest BCUT2D eigenvalue weighted by atomic mass is 32.2. The fraction of sp³-hybridized carbons (Fsp3) is 0.625. The molecule has 1 aliphatic heterocycles. The minimum Gasteiger partial charge on any atom is -0.480 e. The lowest BCUT2D eigenvalue weighted by atomic mass is 10.1. The summed E-state index contributed by atoms with van der Waals surface area (Å²) in [6, 6.07) is -0.915. The number of anilines is 1. The van der Waals surface area contributed by atoms with Crippen molar-refractivity contribution in [2.45, 2.75) is 30.4 Å². The average Bonchev–Trinajstić information content (AvgIpc) is 3.21. The molecule has 4 atom stereocenters. The molecule has 11 nitrogen and oxygen atoms in total. The van der Waals surface area contributed by atoms with E-state index in [0.717, 1.165) is 0 Å². The van der Waals surface area contributed by atoms with Gasteiger partial charge >= 0.3 is 5.97 Å². The summed E-state index contributed by atoms with van der Waals surface area (Å²) in [6.07, 6.45) is 1.27. The summed E-state index contributed by atoms with van der Waals surface area (Å²) in [6.45, 7) is -0.124. The van der Waals surface area contributed by atoms with Gasteiger partial charge in [-0.2, -0.15) is 11.8 Å². The second-order valence-corrected chi connectivity index (χ2v) is 8.01. The van der Waals surface area contributed by atoms with Crippen molar-refractivity contribution in [3.8, 4) is 0 Å². The molecule has 154 valence electrons. The van der Waals surface area contributed by atoms with Crippen LogP contribution in [0.2, 0.25) is 0 Å². The van der Waals surface area contributed by atoms with Gasteiger partial charge in [0.1, 0.15) is 18.5 Å². The number of carbonyl (C=O) groups is 1. The van der Waals surface area contributed by atoms with E-state index >= 15 is 0 Å². The molecule has 0 saturated carbocycles. The fourth-order valence-corrected chi connectivity index (χ4v) is 4.12. The molecule has 1 fully saturated rings. The predicted molar refractivity (Wildman–Crippen MR) is 103 cm³/mol. The summed E-state index contributed by atoms with van der Waals surface area (Å²) < 4.78 is 7.02. The Kier molecular flexibility index (Phi) is 6.05. The van der Waals surface area contributed by atoms with E-state index in [-0.39, 0.29) is 6.61 Å². The third-order valence-corrected chi connectivity index (χ3v) is 5.75. The molecule has 2 aromatic heterocycles. The molecule has 12 heteroatoms. The Hall–Kier alpha value is -1.99. The Balaban J connectivity index is 1.71. The molecule has 3 rings (SSSR count). The molecule has 0 amide bonds. The minimum absolute atomic E-state index is 0.124. The van der Waals surface area contributed by atoms with Gasteiger partial charge in [-0.1, -0.05) is 0 Å². The molecule has 28 heavy (non-hydrogen) atoms. The smallest absolute Gasteiger partial charge is 0.320 e. The summed E-state index contributed by atoms with van der Waals surface area (Å²) >= 11 is 1.41. The monoisotopic (exact) mass is 412 g/mol. The molecule has 2 aromatic rings. The van der Waals surface area contributed by atoms with Crippen molar-refractivity contribution < 1.29 is 24.9 Å². The van der Waals surface area contributed by atoms with Crippen molar-refractivity contribution in [2.24, 2.45) is 5.73 Å². The Morgan fingerprint density at radius 3 is 2.93 bits per heavy atom. The molecule has 0 radical (unpaired) electrons. The summed E-state index contributed by atoms with van der Waals surface area (Å²) in [5.41, 5.74) is 4.66. The maximum Gasteiger partial charge on any atom is 0.320 e. The zero-order valence-electron chi connectivity index (χ0n) is 15.6. The summed E-state index contributed by atoms with van der Waals surface area (Å²) in [5.74, 6) is 0.451. The quantitative estimate of drug-likeness (QED) is 0.387. The Morgan fingerprint density at radius 2 is 2.25 bits per heavy atom. The lowest BCUT2D eigenvalue weighted by Crippen LogP contribution is -2.46. The maximum absolute atomic E-state index is 11.1. The standard InChI is InChI=1S/C16H24N6O5S/c1-21(2)13-11-14(19-7-18-13)22(8-20-11)16(26)6-27-10(12(16)23)5-28-4-3-9(17)15(24)25/h7-10,12,23,26H,3-6,17H2,1-2H3,(H,24,25). The van der Waals surface area contributed by atoms with E-state index in [1.165, 1.54) is 29.0 Å². The van der Waals surface area contributed by atoms with E-state index in [9.17, 15) is 15.0 Å². The first-order valence-electron chi connectivity index (χ1n) is 8.69. The number of nitrogens with two attached hydrogens (primary N) is 1. The first-order chi connectivity index (χ1) is 13.3. The number of thioether (sulfide) groups is 1. The van der Waals surface area contributed by atoms with Gasteiger partial charge in [-0.3, -0.25) is 9.36 Å². The average molecular weight is 412 g/mol. The number of aromatic nitrogens is 4. The summed E-state index contributed by atoms with van der Waals surface area (Å²) in [5, 5.41) is 30.6. The second kappa shape index (κ2) is 8.17. The van der Waals surface area contributed by atoms with Crippen molar-refractivity contribution in [1.29, 1.82) is 0 Å². The number of hydrogen-bond donors (Lipinski definition) is 4. The van der Waals surface area contributed by atoms with Gasteiger partial charge in [0.2, 0.25) is 0 Å². The van der Waals surface area contributed by atoms with Crippen LogP contribution in [0.3, 0.4) is 0 Å². The number of aliphatic hydroxyl groups excluding tert-OH is 1. The van der Waals surface area contributed by atoms with E-state index in [4.69, 9.17) is 15.6 Å². The molecular formula is C16H24N6O5S. The third-order valence-electron chi connectivity index (χ3n) is 4.66. The number of hydrogen-bond acceptors (Lipinski definition) is 10. The molecule has 3 heterocycles. The zero-order valence-corrected chi connectivity index (χ0v) is 16.4. The van der Waals surface area contributed by atoms with Gasteiger partial charge < -0.3 is 30.7 Å². The molecular weight excluding hydrogens is 388 g/mol. The SMILES string of the molecule is CN(C)c1ncnc2c1ncn2C1(O)COC(CSCCC(N)C(=O)O)C1O. The molecule has 0 bridgehead atoms. The van der Waals surface area contributed by atoms with Gasteiger partial charge in [0.15, 0.2) is 22.7 Å². The predicted octanol–water partition coefficient (Wildman–Crippen LogP) is -1.17. The van der Waals surface area contributed by atoms with Crippen LogP contribution in [0, 0.1) is 0 Å². The number of imidazole rings is 1. The maximum atomic E-state index is 11.1. The van der Waals surface area contributed by atoms with Crippen molar-refractivity contribution in [1.82, 2.24) is 19.5 Å².